The Morgan fingerprint density at radius 3 is 2.91 bits per heavy atom. The van der Waals surface area contributed by atoms with Crippen molar-refractivity contribution in [1.82, 2.24) is 24.9 Å². The van der Waals surface area contributed by atoms with Gasteiger partial charge in [0, 0.05) is 30.4 Å². The third-order valence-corrected chi connectivity index (χ3v) is 5.50. The number of fused-ring (bicyclic) bond motifs is 1. The molecule has 122 valence electrons. The Labute approximate surface area is 139 Å². The zero-order valence-corrected chi connectivity index (χ0v) is 14.2. The molecule has 3 heterocycles. The molecule has 2 aromatic heterocycles. The molecule has 1 aliphatic carbocycles. The van der Waals surface area contributed by atoms with E-state index in [-0.39, 0.29) is 11.9 Å². The molecule has 2 aromatic rings. The Morgan fingerprint density at radius 1 is 1.35 bits per heavy atom. The van der Waals surface area contributed by atoms with E-state index in [9.17, 15) is 4.79 Å². The maximum atomic E-state index is 13.1. The Hall–Kier alpha value is -1.82. The predicted octanol–water partition coefficient (Wildman–Crippen LogP) is 2.57. The van der Waals surface area contributed by atoms with Crippen LogP contribution in [-0.4, -0.2) is 37.3 Å². The van der Waals surface area contributed by atoms with Gasteiger partial charge in [0.15, 0.2) is 5.69 Å². The highest BCUT2D eigenvalue weighted by Crippen LogP contribution is 2.38. The molecule has 1 N–H and O–H groups in total. The lowest BCUT2D eigenvalue weighted by molar-refractivity contribution is 0.0728. The van der Waals surface area contributed by atoms with Gasteiger partial charge in [0.05, 0.1) is 11.7 Å². The maximum Gasteiger partial charge on any atom is 0.275 e. The van der Waals surface area contributed by atoms with Crippen molar-refractivity contribution in [2.24, 2.45) is 7.05 Å². The molecule has 0 saturated carbocycles. The molecular weight excluding hydrogens is 314 g/mol. The minimum atomic E-state index is -0.00236. The van der Waals surface area contributed by atoms with Gasteiger partial charge in [-0.25, -0.2) is 0 Å². The van der Waals surface area contributed by atoms with Crippen LogP contribution in [0.2, 0.25) is 5.15 Å². The van der Waals surface area contributed by atoms with Crippen LogP contribution in [0, 0.1) is 6.92 Å². The van der Waals surface area contributed by atoms with Gasteiger partial charge in [0.2, 0.25) is 0 Å². The number of halogens is 1. The third kappa shape index (κ3) is 2.19. The predicted molar refractivity (Wildman–Crippen MR) is 86.6 cm³/mol. The monoisotopic (exact) mass is 333 g/mol. The van der Waals surface area contributed by atoms with E-state index in [2.05, 4.69) is 15.3 Å². The molecule has 4 rings (SSSR count). The number of rotatable bonds is 2. The summed E-state index contributed by atoms with van der Waals surface area (Å²) in [5.41, 5.74) is 4.71. The summed E-state index contributed by atoms with van der Waals surface area (Å²) >= 11 is 6.42. The van der Waals surface area contributed by atoms with Crippen molar-refractivity contribution in [2.45, 2.75) is 45.1 Å². The summed E-state index contributed by atoms with van der Waals surface area (Å²) in [5.74, 6) is 0.0196. The second-order valence-corrected chi connectivity index (χ2v) is 6.81. The molecular formula is C16H20ClN5O. The van der Waals surface area contributed by atoms with Gasteiger partial charge in [-0.2, -0.15) is 10.2 Å². The third-order valence-electron chi connectivity index (χ3n) is 5.05. The number of hydrogen-bond acceptors (Lipinski definition) is 3. The first-order chi connectivity index (χ1) is 11.1. The van der Waals surface area contributed by atoms with E-state index in [1.54, 1.807) is 4.68 Å². The van der Waals surface area contributed by atoms with E-state index in [0.29, 0.717) is 10.8 Å². The molecule has 6 nitrogen and oxygen atoms in total. The Morgan fingerprint density at radius 2 is 2.17 bits per heavy atom. The minimum Gasteiger partial charge on any atom is -0.330 e. The van der Waals surface area contributed by atoms with E-state index >= 15 is 0 Å². The number of aromatic amines is 1. The van der Waals surface area contributed by atoms with Crippen LogP contribution in [0.4, 0.5) is 0 Å². The SMILES string of the molecule is Cc1nn(C)c(Cl)c1[C@H]1CCCN1C(=O)c1n[nH]c2c1CCC2. The summed E-state index contributed by atoms with van der Waals surface area (Å²) in [4.78, 5) is 15.0. The van der Waals surface area contributed by atoms with Crippen molar-refractivity contribution in [1.29, 1.82) is 0 Å². The highest BCUT2D eigenvalue weighted by molar-refractivity contribution is 6.30. The fraction of sp³-hybridized carbons (Fsp3) is 0.562. The molecule has 1 aliphatic heterocycles. The molecule has 0 spiro atoms. The standard InChI is InChI=1S/C16H20ClN5O/c1-9-13(15(17)21(2)20-9)12-7-4-8-22(12)16(23)14-10-5-3-6-11(10)18-19-14/h12H,3-8H2,1-2H3,(H,18,19)/t12-/m1/s1. The Bertz CT molecular complexity index is 778. The van der Waals surface area contributed by atoms with Gasteiger partial charge in [-0.15, -0.1) is 0 Å². The number of nitrogens with zero attached hydrogens (tertiary/aromatic N) is 4. The first kappa shape index (κ1) is 14.8. The minimum absolute atomic E-state index is 0.00236. The fourth-order valence-corrected chi connectivity index (χ4v) is 4.27. The lowest BCUT2D eigenvalue weighted by Crippen LogP contribution is -2.31. The molecule has 0 aromatic carbocycles. The van der Waals surface area contributed by atoms with Gasteiger partial charge in [0.25, 0.3) is 5.91 Å². The summed E-state index contributed by atoms with van der Waals surface area (Å²) in [7, 11) is 1.83. The summed E-state index contributed by atoms with van der Waals surface area (Å²) in [6, 6.07) is -0.00236. The van der Waals surface area contributed by atoms with Crippen molar-refractivity contribution in [3.05, 3.63) is 33.4 Å². The topological polar surface area (TPSA) is 66.8 Å². The molecule has 7 heteroatoms. The average molecular weight is 334 g/mol. The zero-order chi connectivity index (χ0) is 16.1. The van der Waals surface area contributed by atoms with Crippen LogP contribution in [0.15, 0.2) is 0 Å². The van der Waals surface area contributed by atoms with Crippen LogP contribution in [-0.2, 0) is 19.9 Å². The van der Waals surface area contributed by atoms with E-state index in [4.69, 9.17) is 11.6 Å². The molecule has 1 fully saturated rings. The van der Waals surface area contributed by atoms with Gasteiger partial charge >= 0.3 is 0 Å². The molecule has 0 unspecified atom stereocenters. The van der Waals surface area contributed by atoms with Gasteiger partial charge in [-0.1, -0.05) is 11.6 Å². The summed E-state index contributed by atoms with van der Waals surface area (Å²) in [5, 5.41) is 12.3. The van der Waals surface area contributed by atoms with Gasteiger partial charge in [-0.3, -0.25) is 14.6 Å². The second kappa shape index (κ2) is 5.37. The van der Waals surface area contributed by atoms with Crippen LogP contribution >= 0.6 is 11.6 Å². The molecule has 23 heavy (non-hydrogen) atoms. The average Bonchev–Trinajstić information content (AvgIpc) is 3.24. The number of aryl methyl sites for hydroxylation is 3. The van der Waals surface area contributed by atoms with Crippen molar-refractivity contribution >= 4 is 17.5 Å². The first-order valence-electron chi connectivity index (χ1n) is 8.14. The quantitative estimate of drug-likeness (QED) is 0.918. The molecule has 1 saturated heterocycles. The number of aromatic nitrogens is 4. The number of carbonyl (C=O) groups is 1. The molecule has 1 atom stereocenters. The number of H-pyrrole nitrogens is 1. The number of hydrogen-bond donors (Lipinski definition) is 1. The number of likely N-dealkylation sites (tertiary alicyclic amines) is 1. The molecule has 0 radical (unpaired) electrons. The maximum absolute atomic E-state index is 13.1. The Balaban J connectivity index is 1.69. The molecule has 0 bridgehead atoms. The van der Waals surface area contributed by atoms with Gasteiger partial charge < -0.3 is 4.90 Å². The van der Waals surface area contributed by atoms with Gasteiger partial charge in [0.1, 0.15) is 5.15 Å². The fourth-order valence-electron chi connectivity index (χ4n) is 3.97. The zero-order valence-electron chi connectivity index (χ0n) is 13.4. The number of nitrogens with one attached hydrogen (secondary N) is 1. The van der Waals surface area contributed by atoms with Crippen molar-refractivity contribution < 1.29 is 4.79 Å². The van der Waals surface area contributed by atoms with E-state index in [1.165, 1.54) is 0 Å². The van der Waals surface area contributed by atoms with Crippen molar-refractivity contribution in [3.63, 3.8) is 0 Å². The largest absolute Gasteiger partial charge is 0.330 e. The smallest absolute Gasteiger partial charge is 0.275 e. The summed E-state index contributed by atoms with van der Waals surface area (Å²) in [6.45, 7) is 2.70. The van der Waals surface area contributed by atoms with Crippen LogP contribution in [0.5, 0.6) is 0 Å². The van der Waals surface area contributed by atoms with Crippen LogP contribution in [0.25, 0.3) is 0 Å². The Kier molecular flexibility index (Phi) is 3.44. The summed E-state index contributed by atoms with van der Waals surface area (Å²) in [6.07, 6.45) is 4.93. The summed E-state index contributed by atoms with van der Waals surface area (Å²) < 4.78 is 1.68. The molecule has 2 aliphatic rings. The first-order valence-corrected chi connectivity index (χ1v) is 8.51. The van der Waals surface area contributed by atoms with Crippen LogP contribution < -0.4 is 0 Å². The van der Waals surface area contributed by atoms with E-state index < -0.39 is 0 Å². The van der Waals surface area contributed by atoms with Crippen molar-refractivity contribution in [3.8, 4) is 0 Å². The second-order valence-electron chi connectivity index (χ2n) is 6.45. The van der Waals surface area contributed by atoms with E-state index in [1.807, 2.05) is 18.9 Å². The molecule has 1 amide bonds. The van der Waals surface area contributed by atoms with E-state index in [0.717, 1.165) is 61.2 Å². The van der Waals surface area contributed by atoms with Crippen LogP contribution in [0.1, 0.15) is 58.3 Å². The van der Waals surface area contributed by atoms with Crippen molar-refractivity contribution in [2.75, 3.05) is 6.54 Å². The lowest BCUT2D eigenvalue weighted by atomic mass is 10.0. The highest BCUT2D eigenvalue weighted by Gasteiger charge is 2.37. The number of carbonyl (C=O) groups excluding carboxylic acids is 1. The van der Waals surface area contributed by atoms with Gasteiger partial charge in [-0.05, 0) is 39.0 Å². The normalized spacial score (nSPS) is 20.3. The highest BCUT2D eigenvalue weighted by atomic mass is 35.5. The number of amides is 1. The lowest BCUT2D eigenvalue weighted by Gasteiger charge is -2.24. The van der Waals surface area contributed by atoms with Crippen LogP contribution in [0.3, 0.4) is 0 Å².